The van der Waals surface area contributed by atoms with Gasteiger partial charge in [0, 0.05) is 50.4 Å². The maximum absolute atomic E-state index is 13.1. The van der Waals surface area contributed by atoms with Crippen molar-refractivity contribution in [2.24, 2.45) is 23.7 Å². The monoisotopic (exact) mass is 626 g/mol. The van der Waals surface area contributed by atoms with Gasteiger partial charge in [0.15, 0.2) is 6.10 Å². The van der Waals surface area contributed by atoms with Crippen LogP contribution in [0.15, 0.2) is 0 Å². The summed E-state index contributed by atoms with van der Waals surface area (Å²) in [6, 6.07) is 0. The van der Waals surface area contributed by atoms with Crippen LogP contribution in [-0.2, 0) is 42.9 Å². The SMILES string of the molecule is CCCC(=O)O[C@H]1[C@H](C(C)C)[C@@H]2[C@@H]([C@H]3C[C@](C)(O)[C@@H](OC(=O)CC)CC[C@@](C)(OC(=O)CCC)[C@@H]2O3)[C@](C)(O)[C@@H]1OC(C)=O. The summed E-state index contributed by atoms with van der Waals surface area (Å²) in [7, 11) is 0. The fourth-order valence-corrected chi connectivity index (χ4v) is 7.88. The van der Waals surface area contributed by atoms with E-state index in [1.54, 1.807) is 27.7 Å². The number of carbonyl (C=O) groups excluding carboxylic acids is 4. The third-order valence-corrected chi connectivity index (χ3v) is 9.82. The Morgan fingerprint density at radius 2 is 1.52 bits per heavy atom. The predicted octanol–water partition coefficient (Wildman–Crippen LogP) is 4.03. The molecule has 0 unspecified atom stereocenters. The van der Waals surface area contributed by atoms with E-state index in [0.717, 1.165) is 0 Å². The quantitative estimate of drug-likeness (QED) is 0.267. The first-order valence-corrected chi connectivity index (χ1v) is 16.3. The van der Waals surface area contributed by atoms with E-state index < -0.39 is 89.0 Å². The molecule has 0 amide bonds. The van der Waals surface area contributed by atoms with Crippen molar-refractivity contribution < 1.29 is 53.1 Å². The highest BCUT2D eigenvalue weighted by Gasteiger charge is 2.70. The van der Waals surface area contributed by atoms with Gasteiger partial charge >= 0.3 is 23.9 Å². The van der Waals surface area contributed by atoms with Crippen LogP contribution in [0.2, 0.25) is 0 Å². The summed E-state index contributed by atoms with van der Waals surface area (Å²) < 4.78 is 30.6. The second-order valence-corrected chi connectivity index (χ2v) is 13.9. The zero-order chi connectivity index (χ0) is 33.2. The van der Waals surface area contributed by atoms with E-state index in [2.05, 4.69) is 0 Å². The van der Waals surface area contributed by atoms with Gasteiger partial charge in [-0.15, -0.1) is 0 Å². The molecule has 0 aromatic carbocycles. The van der Waals surface area contributed by atoms with Crippen molar-refractivity contribution >= 4 is 23.9 Å². The molecule has 3 fully saturated rings. The molecule has 3 rings (SSSR count). The summed E-state index contributed by atoms with van der Waals surface area (Å²) in [5, 5.41) is 24.2. The smallest absolute Gasteiger partial charge is 0.306 e. The van der Waals surface area contributed by atoms with Crippen molar-refractivity contribution in [3.05, 3.63) is 0 Å². The van der Waals surface area contributed by atoms with Gasteiger partial charge < -0.3 is 33.9 Å². The molecule has 2 aliphatic heterocycles. The highest BCUT2D eigenvalue weighted by Crippen LogP contribution is 2.59. The van der Waals surface area contributed by atoms with Gasteiger partial charge in [-0.05, 0) is 52.4 Å². The van der Waals surface area contributed by atoms with Crippen molar-refractivity contribution in [1.82, 2.24) is 0 Å². The molecule has 252 valence electrons. The third kappa shape index (κ3) is 7.41. The maximum Gasteiger partial charge on any atom is 0.306 e. The van der Waals surface area contributed by atoms with E-state index in [0.29, 0.717) is 12.8 Å². The van der Waals surface area contributed by atoms with Gasteiger partial charge in [-0.3, -0.25) is 19.2 Å². The zero-order valence-electron chi connectivity index (χ0n) is 27.9. The minimum absolute atomic E-state index is 0.0145. The standard InChI is InChI=1S/C33H54O11/c1-10-13-23(36)43-28-25(18(4)5)26-27(33(9,39)30(28)40-19(6)34)20-17-31(7,38)21(42-22(35)12-3)15-16-32(8,29(26)41-20)44-24(37)14-11-2/h18,20-21,25-30,38-39H,10-17H2,1-9H3/t20-,21+,25-,26-,27-,28+,29-,30-,31+,32-,33+/m1/s1. The Hall–Kier alpha value is -2.24. The summed E-state index contributed by atoms with van der Waals surface area (Å²) in [6.07, 6.45) is -2.79. The van der Waals surface area contributed by atoms with Crippen LogP contribution >= 0.6 is 0 Å². The van der Waals surface area contributed by atoms with Crippen LogP contribution in [0.25, 0.3) is 0 Å². The molecule has 1 saturated carbocycles. The van der Waals surface area contributed by atoms with E-state index in [1.807, 2.05) is 27.7 Å². The van der Waals surface area contributed by atoms with E-state index in [9.17, 15) is 29.4 Å². The first kappa shape index (κ1) is 36.2. The molecule has 0 radical (unpaired) electrons. The number of hydrogen-bond acceptors (Lipinski definition) is 11. The number of hydrogen-bond donors (Lipinski definition) is 2. The van der Waals surface area contributed by atoms with Crippen LogP contribution < -0.4 is 0 Å². The Kier molecular flexibility index (Phi) is 11.6. The molecule has 11 atom stereocenters. The van der Waals surface area contributed by atoms with Crippen molar-refractivity contribution in [2.45, 2.75) is 161 Å². The molecular weight excluding hydrogens is 572 g/mol. The molecule has 2 saturated heterocycles. The van der Waals surface area contributed by atoms with Gasteiger partial charge in [-0.25, -0.2) is 0 Å². The van der Waals surface area contributed by atoms with Gasteiger partial charge in [0.1, 0.15) is 35.1 Å². The highest BCUT2D eigenvalue weighted by molar-refractivity contribution is 5.71. The average Bonchev–Trinajstić information content (AvgIpc) is 3.28. The van der Waals surface area contributed by atoms with E-state index in [-0.39, 0.29) is 44.4 Å². The zero-order valence-corrected chi connectivity index (χ0v) is 27.9. The van der Waals surface area contributed by atoms with Crippen molar-refractivity contribution in [3.63, 3.8) is 0 Å². The Morgan fingerprint density at radius 3 is 2.07 bits per heavy atom. The fourth-order valence-electron chi connectivity index (χ4n) is 7.88. The largest absolute Gasteiger partial charge is 0.459 e. The van der Waals surface area contributed by atoms with Crippen LogP contribution in [0, 0.1) is 23.7 Å². The van der Waals surface area contributed by atoms with E-state index >= 15 is 0 Å². The van der Waals surface area contributed by atoms with Gasteiger partial charge in [0.05, 0.1) is 6.10 Å². The van der Waals surface area contributed by atoms with Crippen molar-refractivity contribution in [2.75, 3.05) is 0 Å². The first-order valence-electron chi connectivity index (χ1n) is 16.3. The lowest BCUT2D eigenvalue weighted by atomic mass is 9.55. The predicted molar refractivity (Wildman–Crippen MR) is 159 cm³/mol. The van der Waals surface area contributed by atoms with Crippen molar-refractivity contribution in [1.29, 1.82) is 0 Å². The van der Waals surface area contributed by atoms with Gasteiger partial charge in [-0.2, -0.15) is 0 Å². The second-order valence-electron chi connectivity index (χ2n) is 13.9. The van der Waals surface area contributed by atoms with Crippen LogP contribution in [0.4, 0.5) is 0 Å². The number of rotatable bonds is 10. The summed E-state index contributed by atoms with van der Waals surface area (Å²) in [5.41, 5.74) is -4.60. The molecule has 11 heteroatoms. The second kappa shape index (κ2) is 14.0. The lowest BCUT2D eigenvalue weighted by Gasteiger charge is -2.55. The molecule has 0 aromatic rings. The lowest BCUT2D eigenvalue weighted by molar-refractivity contribution is -0.243. The molecule has 2 N–H and O–H groups in total. The lowest BCUT2D eigenvalue weighted by Crippen LogP contribution is -2.68. The highest BCUT2D eigenvalue weighted by atomic mass is 16.6. The average molecular weight is 627 g/mol. The Balaban J connectivity index is 2.25. The normalized spacial score (nSPS) is 40.2. The molecule has 11 nitrogen and oxygen atoms in total. The molecule has 2 heterocycles. The topological polar surface area (TPSA) is 155 Å². The number of carbonyl (C=O) groups is 4. The Labute approximate surface area is 261 Å². The number of aliphatic hydroxyl groups is 2. The molecule has 3 aliphatic rings. The summed E-state index contributed by atoms with van der Waals surface area (Å²) >= 11 is 0. The van der Waals surface area contributed by atoms with Crippen LogP contribution in [0.5, 0.6) is 0 Å². The first-order chi connectivity index (χ1) is 20.4. The number of fused-ring (bicyclic) bond motifs is 5. The van der Waals surface area contributed by atoms with Gasteiger partial charge in [0.2, 0.25) is 0 Å². The molecule has 0 spiro atoms. The van der Waals surface area contributed by atoms with Gasteiger partial charge in [0.25, 0.3) is 0 Å². The Morgan fingerprint density at radius 1 is 0.909 bits per heavy atom. The summed E-state index contributed by atoms with van der Waals surface area (Å²) in [4.78, 5) is 50.9. The van der Waals surface area contributed by atoms with Gasteiger partial charge in [-0.1, -0.05) is 34.6 Å². The molecule has 1 aliphatic carbocycles. The molecular formula is C33H54O11. The minimum Gasteiger partial charge on any atom is -0.459 e. The Bertz CT molecular complexity index is 1050. The minimum atomic E-state index is -1.78. The summed E-state index contributed by atoms with van der Waals surface area (Å²) in [5.74, 6) is -3.87. The van der Waals surface area contributed by atoms with Crippen molar-refractivity contribution in [3.8, 4) is 0 Å². The molecule has 0 aromatic heterocycles. The van der Waals surface area contributed by atoms with Crippen LogP contribution in [0.3, 0.4) is 0 Å². The third-order valence-electron chi connectivity index (χ3n) is 9.82. The van der Waals surface area contributed by atoms with E-state index in [4.69, 9.17) is 23.7 Å². The molecule has 2 bridgehead atoms. The number of esters is 4. The fraction of sp³-hybridized carbons (Fsp3) is 0.879. The van der Waals surface area contributed by atoms with Crippen LogP contribution in [0.1, 0.15) is 114 Å². The van der Waals surface area contributed by atoms with Crippen LogP contribution in [-0.4, -0.2) is 81.4 Å². The number of ether oxygens (including phenoxy) is 5. The van der Waals surface area contributed by atoms with E-state index in [1.165, 1.54) is 6.92 Å². The molecule has 44 heavy (non-hydrogen) atoms. The summed E-state index contributed by atoms with van der Waals surface area (Å²) in [6.45, 7) is 15.5. The maximum atomic E-state index is 13.1.